The second-order valence-corrected chi connectivity index (χ2v) is 5.96. The van der Waals surface area contributed by atoms with Crippen molar-refractivity contribution in [2.45, 2.75) is 18.9 Å². The van der Waals surface area contributed by atoms with Gasteiger partial charge in [-0.15, -0.1) is 0 Å². The van der Waals surface area contributed by atoms with Crippen molar-refractivity contribution >= 4 is 35.0 Å². The van der Waals surface area contributed by atoms with E-state index in [4.69, 9.17) is 16.7 Å². The maximum absolute atomic E-state index is 11.0. The lowest BCUT2D eigenvalue weighted by molar-refractivity contribution is -0.135. The zero-order valence-electron chi connectivity index (χ0n) is 10.0. The predicted molar refractivity (Wildman–Crippen MR) is 76.8 cm³/mol. The van der Waals surface area contributed by atoms with Crippen molar-refractivity contribution in [2.75, 3.05) is 23.0 Å². The second kappa shape index (κ2) is 6.34. The van der Waals surface area contributed by atoms with Crippen LogP contribution in [0, 0.1) is 0 Å². The second-order valence-electron chi connectivity index (χ2n) is 4.37. The van der Waals surface area contributed by atoms with Gasteiger partial charge in [-0.1, -0.05) is 17.7 Å². The topological polar surface area (TPSA) is 40.5 Å². The summed E-state index contributed by atoms with van der Waals surface area (Å²) in [6.45, 7) is 0.0333. The molecule has 3 nitrogen and oxygen atoms in total. The minimum Gasteiger partial charge on any atom is -0.480 e. The summed E-state index contributed by atoms with van der Waals surface area (Å²) in [7, 11) is 0. The first kappa shape index (κ1) is 13.6. The first-order valence-electron chi connectivity index (χ1n) is 5.98. The minimum absolute atomic E-state index is 0.0333. The first-order chi connectivity index (χ1) is 8.66. The number of halogens is 1. The highest BCUT2D eigenvalue weighted by atomic mass is 35.5. The fourth-order valence-electron chi connectivity index (χ4n) is 2.20. The van der Waals surface area contributed by atoms with Crippen LogP contribution in [0.2, 0.25) is 5.02 Å². The lowest BCUT2D eigenvalue weighted by Crippen LogP contribution is -2.42. The Balaban J connectivity index is 2.20. The summed E-state index contributed by atoms with van der Waals surface area (Å²) in [5.74, 6) is 1.36. The molecule has 0 radical (unpaired) electrons. The fourth-order valence-corrected chi connectivity index (χ4v) is 3.54. The van der Waals surface area contributed by atoms with Crippen molar-refractivity contribution in [3.05, 3.63) is 29.3 Å². The normalized spacial score (nSPS) is 19.5. The maximum Gasteiger partial charge on any atom is 0.323 e. The molecule has 0 spiro atoms. The van der Waals surface area contributed by atoms with Crippen LogP contribution in [0.4, 0.5) is 5.69 Å². The van der Waals surface area contributed by atoms with Crippen LogP contribution in [0.15, 0.2) is 24.3 Å². The summed E-state index contributed by atoms with van der Waals surface area (Å²) in [5, 5.41) is 9.71. The van der Waals surface area contributed by atoms with Crippen LogP contribution in [0.5, 0.6) is 0 Å². The number of hydrogen-bond acceptors (Lipinski definition) is 3. The molecule has 1 unspecified atom stereocenters. The van der Waals surface area contributed by atoms with Gasteiger partial charge in [-0.05, 0) is 36.8 Å². The van der Waals surface area contributed by atoms with E-state index in [1.54, 1.807) is 6.07 Å². The molecule has 1 aromatic carbocycles. The number of hydrogen-bond donors (Lipinski definition) is 1. The predicted octanol–water partition coefficient (Wildman–Crippen LogP) is 3.13. The fraction of sp³-hybridized carbons (Fsp3) is 0.462. The highest BCUT2D eigenvalue weighted by Gasteiger charge is 2.23. The van der Waals surface area contributed by atoms with Crippen molar-refractivity contribution in [2.24, 2.45) is 0 Å². The van der Waals surface area contributed by atoms with Gasteiger partial charge >= 0.3 is 5.97 Å². The van der Waals surface area contributed by atoms with E-state index in [0.29, 0.717) is 11.1 Å². The van der Waals surface area contributed by atoms with Gasteiger partial charge in [-0.3, -0.25) is 4.79 Å². The first-order valence-corrected chi connectivity index (χ1v) is 7.52. The average Bonchev–Trinajstić information content (AvgIpc) is 2.37. The lowest BCUT2D eigenvalue weighted by Gasteiger charge is -2.34. The molecule has 5 heteroatoms. The average molecular weight is 286 g/mol. The standard InChI is InChI=1S/C13H16ClNO2S/c14-10-3-1-4-11(7-10)15(8-13(16)17)12-5-2-6-18-9-12/h1,3-4,7,12H,2,5-6,8-9H2,(H,16,17). The molecular formula is C13H16ClNO2S. The Labute approximate surface area is 116 Å². The van der Waals surface area contributed by atoms with Gasteiger partial charge in [0, 0.05) is 22.5 Å². The summed E-state index contributed by atoms with van der Waals surface area (Å²) in [5.41, 5.74) is 0.900. The molecule has 1 aliphatic rings. The Morgan fingerprint density at radius 2 is 2.39 bits per heavy atom. The van der Waals surface area contributed by atoms with Crippen LogP contribution in [0.1, 0.15) is 12.8 Å². The molecule has 1 aromatic rings. The van der Waals surface area contributed by atoms with E-state index in [1.807, 2.05) is 34.9 Å². The van der Waals surface area contributed by atoms with E-state index < -0.39 is 5.97 Å². The molecule has 0 aliphatic carbocycles. The maximum atomic E-state index is 11.0. The molecule has 1 saturated heterocycles. The number of aliphatic carboxylic acids is 1. The third-order valence-electron chi connectivity index (χ3n) is 3.02. The van der Waals surface area contributed by atoms with Gasteiger partial charge in [0.05, 0.1) is 0 Å². The number of benzene rings is 1. The van der Waals surface area contributed by atoms with Gasteiger partial charge < -0.3 is 10.0 Å². The molecule has 2 rings (SSSR count). The Hall–Kier alpha value is -0.870. The number of carboxylic acids is 1. The molecule has 98 valence electrons. The number of carbonyl (C=O) groups is 1. The quantitative estimate of drug-likeness (QED) is 0.923. The van der Waals surface area contributed by atoms with E-state index in [2.05, 4.69) is 0 Å². The number of thioether (sulfide) groups is 1. The Morgan fingerprint density at radius 1 is 1.56 bits per heavy atom. The van der Waals surface area contributed by atoms with Gasteiger partial charge in [0.15, 0.2) is 0 Å². The molecular weight excluding hydrogens is 270 g/mol. The SMILES string of the molecule is O=C(O)CN(c1cccc(Cl)c1)C1CCCSC1. The lowest BCUT2D eigenvalue weighted by atomic mass is 10.1. The van der Waals surface area contributed by atoms with E-state index in [-0.39, 0.29) is 6.54 Å². The molecule has 18 heavy (non-hydrogen) atoms. The minimum atomic E-state index is -0.800. The summed E-state index contributed by atoms with van der Waals surface area (Å²) in [4.78, 5) is 13.0. The number of carboxylic acid groups (broad SMARTS) is 1. The van der Waals surface area contributed by atoms with Crippen molar-refractivity contribution in [3.8, 4) is 0 Å². The molecule has 1 N–H and O–H groups in total. The van der Waals surface area contributed by atoms with E-state index in [9.17, 15) is 4.79 Å². The van der Waals surface area contributed by atoms with Gasteiger partial charge in [-0.2, -0.15) is 11.8 Å². The van der Waals surface area contributed by atoms with E-state index in [0.717, 1.165) is 24.3 Å². The van der Waals surface area contributed by atoms with Crippen LogP contribution < -0.4 is 4.90 Å². The molecule has 1 atom stereocenters. The highest BCUT2D eigenvalue weighted by molar-refractivity contribution is 7.99. The van der Waals surface area contributed by atoms with Crippen LogP contribution >= 0.6 is 23.4 Å². The van der Waals surface area contributed by atoms with Crippen molar-refractivity contribution < 1.29 is 9.90 Å². The van der Waals surface area contributed by atoms with Gasteiger partial charge in [0.2, 0.25) is 0 Å². The number of rotatable bonds is 4. The third-order valence-corrected chi connectivity index (χ3v) is 4.46. The zero-order valence-corrected chi connectivity index (χ0v) is 11.6. The van der Waals surface area contributed by atoms with Crippen LogP contribution in [-0.2, 0) is 4.79 Å². The van der Waals surface area contributed by atoms with Crippen molar-refractivity contribution in [1.82, 2.24) is 0 Å². The smallest absolute Gasteiger partial charge is 0.323 e. The van der Waals surface area contributed by atoms with Crippen molar-refractivity contribution in [3.63, 3.8) is 0 Å². The number of nitrogens with zero attached hydrogens (tertiary/aromatic N) is 1. The van der Waals surface area contributed by atoms with Crippen LogP contribution in [0.3, 0.4) is 0 Å². The molecule has 0 aromatic heterocycles. The zero-order chi connectivity index (χ0) is 13.0. The van der Waals surface area contributed by atoms with Gasteiger partial charge in [-0.25, -0.2) is 0 Å². The molecule has 0 amide bonds. The molecule has 0 saturated carbocycles. The van der Waals surface area contributed by atoms with Gasteiger partial charge in [0.25, 0.3) is 0 Å². The van der Waals surface area contributed by atoms with E-state index >= 15 is 0 Å². The summed E-state index contributed by atoms with van der Waals surface area (Å²) in [6.07, 6.45) is 2.19. The molecule has 1 heterocycles. The third kappa shape index (κ3) is 3.56. The Morgan fingerprint density at radius 3 is 3.00 bits per heavy atom. The Bertz CT molecular complexity index is 421. The van der Waals surface area contributed by atoms with Gasteiger partial charge in [0.1, 0.15) is 6.54 Å². The highest BCUT2D eigenvalue weighted by Crippen LogP contribution is 2.27. The molecule has 1 fully saturated rings. The summed E-state index contributed by atoms with van der Waals surface area (Å²) in [6, 6.07) is 7.72. The summed E-state index contributed by atoms with van der Waals surface area (Å²) >= 11 is 7.87. The molecule has 1 aliphatic heterocycles. The summed E-state index contributed by atoms with van der Waals surface area (Å²) < 4.78 is 0. The van der Waals surface area contributed by atoms with Crippen LogP contribution in [-0.4, -0.2) is 35.2 Å². The van der Waals surface area contributed by atoms with Crippen LogP contribution in [0.25, 0.3) is 0 Å². The molecule has 0 bridgehead atoms. The van der Waals surface area contributed by atoms with E-state index in [1.165, 1.54) is 5.75 Å². The Kier molecular flexibility index (Phi) is 4.78. The monoisotopic (exact) mass is 285 g/mol. The number of anilines is 1. The largest absolute Gasteiger partial charge is 0.480 e. The van der Waals surface area contributed by atoms with Crippen molar-refractivity contribution in [1.29, 1.82) is 0 Å².